The van der Waals surface area contributed by atoms with Crippen molar-refractivity contribution in [1.82, 2.24) is 4.72 Å². The lowest BCUT2D eigenvalue weighted by atomic mass is 10.2. The van der Waals surface area contributed by atoms with Crippen LogP contribution in [0.5, 0.6) is 0 Å². The molecule has 1 unspecified atom stereocenters. The summed E-state index contributed by atoms with van der Waals surface area (Å²) < 4.78 is 33.3. The van der Waals surface area contributed by atoms with Crippen molar-refractivity contribution in [3.63, 3.8) is 0 Å². The molecule has 112 valence electrons. The van der Waals surface area contributed by atoms with Crippen LogP contribution in [0.4, 0.5) is 5.69 Å². The Hall–Kier alpha value is -0.630. The van der Waals surface area contributed by atoms with E-state index in [-0.39, 0.29) is 11.0 Å². The summed E-state index contributed by atoms with van der Waals surface area (Å²) in [6, 6.07) is 3.19. The van der Waals surface area contributed by atoms with Crippen LogP contribution < -0.4 is 10.5 Å². The monoisotopic (exact) mass is 362 g/mol. The fraction of sp³-hybridized carbons (Fsp3) is 0.538. The Morgan fingerprint density at radius 1 is 1.50 bits per heavy atom. The van der Waals surface area contributed by atoms with Crippen LogP contribution in [0.25, 0.3) is 0 Å². The van der Waals surface area contributed by atoms with Gasteiger partial charge in [0.2, 0.25) is 10.0 Å². The first-order chi connectivity index (χ1) is 9.40. The van der Waals surface area contributed by atoms with Crippen LogP contribution in [-0.4, -0.2) is 27.7 Å². The molecule has 1 saturated heterocycles. The second kappa shape index (κ2) is 6.43. The molecule has 2 rings (SSSR count). The van der Waals surface area contributed by atoms with Crippen molar-refractivity contribution < 1.29 is 13.2 Å². The molecule has 7 heteroatoms. The van der Waals surface area contributed by atoms with Crippen LogP contribution in [0.3, 0.4) is 0 Å². The largest absolute Gasteiger partial charge is 0.398 e. The predicted octanol–water partition coefficient (Wildman–Crippen LogP) is 2.19. The molecule has 3 N–H and O–H groups in total. The Morgan fingerprint density at radius 3 is 2.90 bits per heavy atom. The molecule has 1 atom stereocenters. The summed E-state index contributed by atoms with van der Waals surface area (Å²) in [4.78, 5) is 0.227. The van der Waals surface area contributed by atoms with Crippen molar-refractivity contribution in [3.8, 4) is 0 Å². The van der Waals surface area contributed by atoms with Crippen molar-refractivity contribution in [3.05, 3.63) is 22.2 Å². The summed E-state index contributed by atoms with van der Waals surface area (Å²) in [6.45, 7) is 2.90. The summed E-state index contributed by atoms with van der Waals surface area (Å²) in [6.07, 6.45) is 2.93. The average Bonchev–Trinajstić information content (AvgIpc) is 2.86. The Bertz CT molecular complexity index is 584. The van der Waals surface area contributed by atoms with Crippen LogP contribution in [0, 0.1) is 6.92 Å². The Balaban J connectivity index is 2.04. The molecule has 0 saturated carbocycles. The Kier molecular flexibility index (Phi) is 5.06. The van der Waals surface area contributed by atoms with Gasteiger partial charge in [-0.3, -0.25) is 0 Å². The SMILES string of the molecule is Cc1cc(Br)c(N)cc1S(=O)(=O)NCCC1CCCO1. The summed E-state index contributed by atoms with van der Waals surface area (Å²) in [5, 5.41) is 0. The number of sulfonamides is 1. The Labute approximate surface area is 128 Å². The molecule has 0 amide bonds. The minimum Gasteiger partial charge on any atom is -0.398 e. The number of nitrogens with one attached hydrogen (secondary N) is 1. The highest BCUT2D eigenvalue weighted by Crippen LogP contribution is 2.26. The highest BCUT2D eigenvalue weighted by atomic mass is 79.9. The zero-order valence-electron chi connectivity index (χ0n) is 11.4. The molecule has 1 aliphatic rings. The molecule has 1 heterocycles. The van der Waals surface area contributed by atoms with E-state index in [1.54, 1.807) is 13.0 Å². The maximum atomic E-state index is 12.3. The highest BCUT2D eigenvalue weighted by molar-refractivity contribution is 9.10. The molecule has 0 spiro atoms. The first-order valence-corrected chi connectivity index (χ1v) is 8.84. The van der Waals surface area contributed by atoms with Gasteiger partial charge in [-0.2, -0.15) is 0 Å². The zero-order chi connectivity index (χ0) is 14.8. The number of hydrogen-bond acceptors (Lipinski definition) is 4. The van der Waals surface area contributed by atoms with E-state index in [0.29, 0.717) is 28.7 Å². The molecule has 5 nitrogen and oxygen atoms in total. The topological polar surface area (TPSA) is 81.4 Å². The van der Waals surface area contributed by atoms with Crippen molar-refractivity contribution >= 4 is 31.6 Å². The van der Waals surface area contributed by atoms with E-state index in [4.69, 9.17) is 10.5 Å². The summed E-state index contributed by atoms with van der Waals surface area (Å²) in [5.74, 6) is 0. The fourth-order valence-corrected chi connectivity index (χ4v) is 4.03. The van der Waals surface area contributed by atoms with Crippen molar-refractivity contribution in [2.45, 2.75) is 37.2 Å². The lowest BCUT2D eigenvalue weighted by Crippen LogP contribution is -2.28. The minimum absolute atomic E-state index is 0.175. The van der Waals surface area contributed by atoms with E-state index in [0.717, 1.165) is 19.4 Å². The van der Waals surface area contributed by atoms with Gasteiger partial charge in [0.05, 0.1) is 11.0 Å². The van der Waals surface area contributed by atoms with Gasteiger partial charge < -0.3 is 10.5 Å². The van der Waals surface area contributed by atoms with Gasteiger partial charge in [0.1, 0.15) is 0 Å². The number of nitrogen functional groups attached to an aromatic ring is 1. The standard InChI is InChI=1S/C13H19BrN2O3S/c1-9-7-11(14)12(15)8-13(9)20(17,18)16-5-4-10-3-2-6-19-10/h7-8,10,16H,2-6,15H2,1H3. The summed E-state index contributed by atoms with van der Waals surface area (Å²) >= 11 is 3.29. The molecule has 1 aliphatic heterocycles. The molecular weight excluding hydrogens is 344 g/mol. The summed E-state index contributed by atoms with van der Waals surface area (Å²) in [5.41, 5.74) is 6.83. The van der Waals surface area contributed by atoms with Crippen LogP contribution in [0.1, 0.15) is 24.8 Å². The number of benzene rings is 1. The third kappa shape index (κ3) is 3.72. The molecular formula is C13H19BrN2O3S. The van der Waals surface area contributed by atoms with Gasteiger partial charge in [-0.25, -0.2) is 13.1 Å². The molecule has 20 heavy (non-hydrogen) atoms. The lowest BCUT2D eigenvalue weighted by molar-refractivity contribution is 0.105. The minimum atomic E-state index is -3.53. The Morgan fingerprint density at radius 2 is 2.25 bits per heavy atom. The molecule has 0 aromatic heterocycles. The number of halogens is 1. The van der Waals surface area contributed by atoms with E-state index in [2.05, 4.69) is 20.7 Å². The van der Waals surface area contributed by atoms with Crippen molar-refractivity contribution in [2.24, 2.45) is 0 Å². The molecule has 1 aromatic carbocycles. The number of hydrogen-bond donors (Lipinski definition) is 2. The molecule has 1 fully saturated rings. The first-order valence-electron chi connectivity index (χ1n) is 6.57. The van der Waals surface area contributed by atoms with E-state index < -0.39 is 10.0 Å². The van der Waals surface area contributed by atoms with Crippen LogP contribution in [0.15, 0.2) is 21.5 Å². The number of ether oxygens (including phenoxy) is 1. The maximum Gasteiger partial charge on any atom is 0.240 e. The third-order valence-corrected chi connectivity index (χ3v) is 5.66. The van der Waals surface area contributed by atoms with Crippen LogP contribution in [0.2, 0.25) is 0 Å². The maximum absolute atomic E-state index is 12.3. The molecule has 0 radical (unpaired) electrons. The van der Waals surface area contributed by atoms with Crippen LogP contribution >= 0.6 is 15.9 Å². The quantitative estimate of drug-likeness (QED) is 0.786. The van der Waals surface area contributed by atoms with E-state index in [1.807, 2.05) is 0 Å². The number of aryl methyl sites for hydroxylation is 1. The molecule has 0 bridgehead atoms. The highest BCUT2D eigenvalue weighted by Gasteiger charge is 2.20. The second-order valence-electron chi connectivity index (χ2n) is 4.96. The van der Waals surface area contributed by atoms with E-state index in [9.17, 15) is 8.42 Å². The van der Waals surface area contributed by atoms with Crippen molar-refractivity contribution in [2.75, 3.05) is 18.9 Å². The van der Waals surface area contributed by atoms with Crippen molar-refractivity contribution in [1.29, 1.82) is 0 Å². The van der Waals surface area contributed by atoms with Gasteiger partial charge in [0.25, 0.3) is 0 Å². The van der Waals surface area contributed by atoms with Crippen LogP contribution in [-0.2, 0) is 14.8 Å². The van der Waals surface area contributed by atoms with Gasteiger partial charge in [-0.15, -0.1) is 0 Å². The smallest absolute Gasteiger partial charge is 0.240 e. The number of anilines is 1. The molecule has 0 aliphatic carbocycles. The second-order valence-corrected chi connectivity index (χ2v) is 7.55. The van der Waals surface area contributed by atoms with Gasteiger partial charge in [0.15, 0.2) is 0 Å². The van der Waals surface area contributed by atoms with E-state index >= 15 is 0 Å². The van der Waals surface area contributed by atoms with Gasteiger partial charge in [-0.1, -0.05) is 0 Å². The zero-order valence-corrected chi connectivity index (χ0v) is 13.8. The fourth-order valence-electron chi connectivity index (χ4n) is 2.26. The number of rotatable bonds is 5. The normalized spacial score (nSPS) is 19.4. The first kappa shape index (κ1) is 15.8. The number of nitrogens with two attached hydrogens (primary N) is 1. The summed E-state index contributed by atoms with van der Waals surface area (Å²) in [7, 11) is -3.53. The van der Waals surface area contributed by atoms with E-state index in [1.165, 1.54) is 6.07 Å². The predicted molar refractivity (Wildman–Crippen MR) is 82.1 cm³/mol. The lowest BCUT2D eigenvalue weighted by Gasteiger charge is -2.13. The van der Waals surface area contributed by atoms with Gasteiger partial charge >= 0.3 is 0 Å². The van der Waals surface area contributed by atoms with Gasteiger partial charge in [-0.05, 0) is 59.8 Å². The molecule has 1 aromatic rings. The van der Waals surface area contributed by atoms with Gasteiger partial charge in [0, 0.05) is 23.3 Å². The third-order valence-electron chi connectivity index (χ3n) is 3.37. The average molecular weight is 363 g/mol.